The third-order valence-corrected chi connectivity index (χ3v) is 7.95. The Morgan fingerprint density at radius 3 is 2.62 bits per heavy atom. The maximum Gasteiger partial charge on any atom is 0.335 e. The molecule has 4 nitrogen and oxygen atoms in total. The quantitative estimate of drug-likeness (QED) is 0.298. The summed E-state index contributed by atoms with van der Waals surface area (Å²) in [6.07, 6.45) is 3.24. The monoisotopic (exact) mass is 571 g/mol. The number of fused-ring (bicyclic) bond motifs is 1. The van der Waals surface area contributed by atoms with Crippen molar-refractivity contribution in [2.24, 2.45) is 0 Å². The number of ether oxygens (including phenoxy) is 1. The molecule has 0 aromatic heterocycles. The Hall–Kier alpha value is -2.93. The van der Waals surface area contributed by atoms with Gasteiger partial charge >= 0.3 is 5.97 Å². The number of halogens is 4. The molecule has 0 unspecified atom stereocenters. The third-order valence-electron chi connectivity index (χ3n) is 7.40. The number of carboxylic acid groups (broad SMARTS) is 1. The van der Waals surface area contributed by atoms with Gasteiger partial charge in [-0.3, -0.25) is 9.29 Å². The second-order valence-corrected chi connectivity index (χ2v) is 10.9. The molecule has 3 aromatic carbocycles. The van der Waals surface area contributed by atoms with Crippen molar-refractivity contribution in [2.45, 2.75) is 38.2 Å². The summed E-state index contributed by atoms with van der Waals surface area (Å²) in [5.41, 5.74) is 4.47. The van der Waals surface area contributed by atoms with Crippen molar-refractivity contribution in [3.8, 4) is 5.75 Å². The van der Waals surface area contributed by atoms with Crippen LogP contribution < -0.4 is 4.74 Å². The van der Waals surface area contributed by atoms with E-state index in [1.54, 1.807) is 42.5 Å². The highest BCUT2D eigenvalue weighted by molar-refractivity contribution is 6.36. The number of hydrogen-bond acceptors (Lipinski definition) is 3. The van der Waals surface area contributed by atoms with Gasteiger partial charge in [0.15, 0.2) is 0 Å². The Morgan fingerprint density at radius 1 is 1.03 bits per heavy atom. The number of alkyl halides is 1. The van der Waals surface area contributed by atoms with Gasteiger partial charge in [0.25, 0.3) is 0 Å². The number of hydrogen-bond donors (Lipinski definition) is 1. The molecule has 0 amide bonds. The summed E-state index contributed by atoms with van der Waals surface area (Å²) in [6.45, 7) is 1.89. The maximum atomic E-state index is 15.7. The number of aryl methyl sites for hydroxylation is 1. The van der Waals surface area contributed by atoms with E-state index in [-0.39, 0.29) is 18.3 Å². The fourth-order valence-corrected chi connectivity index (χ4v) is 6.10. The van der Waals surface area contributed by atoms with Crippen molar-refractivity contribution in [3.63, 3.8) is 0 Å². The standard InChI is InChI=1S/C31H29Cl2F2NO3/c32-21-6-9-25(28(33)16-21)26-4-1-3-19-15-20(31(37)38)5-8-24(19)30(26)27-17-22(7-10-29(27)35)39-23-11-14-36(18-23)13-2-12-34/h5-10,15-17,23H,1-4,11-14,18H2,(H,37,38)/t23-/m1/s1. The molecule has 1 fully saturated rings. The van der Waals surface area contributed by atoms with Crippen molar-refractivity contribution >= 4 is 40.3 Å². The van der Waals surface area contributed by atoms with Crippen LogP contribution in [0.4, 0.5) is 8.78 Å². The van der Waals surface area contributed by atoms with Gasteiger partial charge in [0.1, 0.15) is 17.7 Å². The van der Waals surface area contributed by atoms with E-state index in [0.717, 1.165) is 41.6 Å². The highest BCUT2D eigenvalue weighted by Gasteiger charge is 2.27. The van der Waals surface area contributed by atoms with Gasteiger partial charge in [0.05, 0.1) is 12.2 Å². The molecular weight excluding hydrogens is 543 g/mol. The van der Waals surface area contributed by atoms with Gasteiger partial charge in [0.2, 0.25) is 0 Å². The number of rotatable bonds is 8. The first-order chi connectivity index (χ1) is 18.8. The number of allylic oxidation sites excluding steroid dienone is 1. The second kappa shape index (κ2) is 12.1. The minimum Gasteiger partial charge on any atom is -0.489 e. The lowest BCUT2D eigenvalue weighted by Gasteiger charge is -2.20. The Labute approximate surface area is 236 Å². The zero-order valence-corrected chi connectivity index (χ0v) is 22.9. The summed E-state index contributed by atoms with van der Waals surface area (Å²) in [6, 6.07) is 15.0. The van der Waals surface area contributed by atoms with Gasteiger partial charge in [-0.25, -0.2) is 9.18 Å². The number of aromatic carboxylic acids is 1. The number of likely N-dealkylation sites (tertiary alicyclic amines) is 1. The minimum absolute atomic E-state index is 0.0679. The molecule has 1 aliphatic heterocycles. The molecule has 204 valence electrons. The Kier molecular flexibility index (Phi) is 8.55. The first kappa shape index (κ1) is 27.6. The summed E-state index contributed by atoms with van der Waals surface area (Å²) in [5.74, 6) is -0.871. The molecule has 3 aromatic rings. The van der Waals surface area contributed by atoms with E-state index in [0.29, 0.717) is 59.3 Å². The molecule has 39 heavy (non-hydrogen) atoms. The molecule has 1 saturated heterocycles. The summed E-state index contributed by atoms with van der Waals surface area (Å²) in [4.78, 5) is 13.9. The molecule has 1 aliphatic carbocycles. The van der Waals surface area contributed by atoms with Crippen molar-refractivity contribution in [1.29, 1.82) is 0 Å². The molecule has 0 saturated carbocycles. The molecule has 0 bridgehead atoms. The first-order valence-electron chi connectivity index (χ1n) is 13.1. The van der Waals surface area contributed by atoms with Gasteiger partial charge in [-0.05, 0) is 102 Å². The average molecular weight is 572 g/mol. The van der Waals surface area contributed by atoms with E-state index in [1.165, 1.54) is 6.07 Å². The fraction of sp³-hybridized carbons (Fsp3) is 0.323. The molecule has 2 aliphatic rings. The van der Waals surface area contributed by atoms with Crippen LogP contribution >= 0.6 is 23.2 Å². The normalized spacial score (nSPS) is 17.7. The third kappa shape index (κ3) is 6.13. The number of carboxylic acids is 1. The smallest absolute Gasteiger partial charge is 0.335 e. The minimum atomic E-state index is -1.01. The average Bonchev–Trinajstić information content (AvgIpc) is 3.27. The van der Waals surface area contributed by atoms with Crippen LogP contribution in [0.2, 0.25) is 10.0 Å². The number of benzene rings is 3. The largest absolute Gasteiger partial charge is 0.489 e. The SMILES string of the molecule is O=C(O)c1ccc2c(c1)CCCC(c1ccc(Cl)cc1Cl)=C2c1cc(O[C@@H]2CCN(CCCF)C2)ccc1F. The first-order valence-corrected chi connectivity index (χ1v) is 13.9. The molecule has 8 heteroatoms. The van der Waals surface area contributed by atoms with Crippen molar-refractivity contribution in [3.05, 3.63) is 98.3 Å². The molecule has 0 spiro atoms. The predicted octanol–water partition coefficient (Wildman–Crippen LogP) is 7.94. The molecular formula is C31H29Cl2F2NO3. The van der Waals surface area contributed by atoms with Crippen LogP contribution in [0.15, 0.2) is 54.6 Å². The lowest BCUT2D eigenvalue weighted by molar-refractivity contribution is 0.0696. The van der Waals surface area contributed by atoms with Gasteiger partial charge < -0.3 is 9.84 Å². The van der Waals surface area contributed by atoms with E-state index < -0.39 is 11.8 Å². The molecule has 1 atom stereocenters. The van der Waals surface area contributed by atoms with E-state index in [2.05, 4.69) is 4.90 Å². The summed E-state index contributed by atoms with van der Waals surface area (Å²) >= 11 is 12.8. The molecule has 1 N–H and O–H groups in total. The molecule has 5 rings (SSSR count). The zero-order chi connectivity index (χ0) is 27.5. The van der Waals surface area contributed by atoms with Crippen molar-refractivity contribution < 1.29 is 23.4 Å². The van der Waals surface area contributed by atoms with Crippen LogP contribution in [-0.4, -0.2) is 48.4 Å². The summed E-state index contributed by atoms with van der Waals surface area (Å²) in [7, 11) is 0. The lowest BCUT2D eigenvalue weighted by Crippen LogP contribution is -2.26. The highest BCUT2D eigenvalue weighted by Crippen LogP contribution is 2.44. The molecule has 1 heterocycles. The number of nitrogens with zero attached hydrogens (tertiary/aromatic N) is 1. The highest BCUT2D eigenvalue weighted by atomic mass is 35.5. The Balaban J connectivity index is 1.61. The van der Waals surface area contributed by atoms with Gasteiger partial charge in [-0.15, -0.1) is 0 Å². The van der Waals surface area contributed by atoms with E-state index in [9.17, 15) is 14.3 Å². The van der Waals surface area contributed by atoms with E-state index in [1.807, 2.05) is 6.07 Å². The van der Waals surface area contributed by atoms with Crippen LogP contribution in [0.3, 0.4) is 0 Å². The zero-order valence-electron chi connectivity index (χ0n) is 21.4. The van der Waals surface area contributed by atoms with Crippen molar-refractivity contribution in [1.82, 2.24) is 4.90 Å². The fourth-order valence-electron chi connectivity index (χ4n) is 5.57. The van der Waals surface area contributed by atoms with Gasteiger partial charge in [-0.1, -0.05) is 35.3 Å². The maximum absolute atomic E-state index is 15.7. The van der Waals surface area contributed by atoms with E-state index in [4.69, 9.17) is 27.9 Å². The van der Waals surface area contributed by atoms with Gasteiger partial charge in [-0.2, -0.15) is 0 Å². The lowest BCUT2D eigenvalue weighted by atomic mass is 9.87. The van der Waals surface area contributed by atoms with Crippen molar-refractivity contribution in [2.75, 3.05) is 26.3 Å². The van der Waals surface area contributed by atoms with Crippen LogP contribution in [0.5, 0.6) is 5.75 Å². The van der Waals surface area contributed by atoms with Crippen LogP contribution in [0, 0.1) is 5.82 Å². The summed E-state index contributed by atoms with van der Waals surface area (Å²) in [5, 5.41) is 10.5. The van der Waals surface area contributed by atoms with E-state index >= 15 is 4.39 Å². The second-order valence-electron chi connectivity index (χ2n) is 10.0. The number of carbonyl (C=O) groups is 1. The van der Waals surface area contributed by atoms with Crippen LogP contribution in [0.1, 0.15) is 58.3 Å². The topological polar surface area (TPSA) is 49.8 Å². The Bertz CT molecular complexity index is 1420. The van der Waals surface area contributed by atoms with Gasteiger partial charge in [0, 0.05) is 35.2 Å². The summed E-state index contributed by atoms with van der Waals surface area (Å²) < 4.78 is 34.6. The molecule has 0 radical (unpaired) electrons. The van der Waals surface area contributed by atoms with Crippen LogP contribution in [-0.2, 0) is 6.42 Å². The predicted molar refractivity (Wildman–Crippen MR) is 151 cm³/mol. The van der Waals surface area contributed by atoms with Crippen LogP contribution in [0.25, 0.3) is 11.1 Å². The Morgan fingerprint density at radius 2 is 1.85 bits per heavy atom.